The number of carbonyl (C=O) groups excluding carboxylic acids is 1. The van der Waals surface area contributed by atoms with Gasteiger partial charge in [0.25, 0.3) is 0 Å². The molecule has 7 N–H and O–H groups in total. The second kappa shape index (κ2) is 7.02. The molecule has 5 nitrogen and oxygen atoms in total. The van der Waals surface area contributed by atoms with Crippen molar-refractivity contribution < 1.29 is 4.79 Å². The molecule has 0 aromatic carbocycles. The van der Waals surface area contributed by atoms with Gasteiger partial charge in [0.1, 0.15) is 0 Å². The van der Waals surface area contributed by atoms with Crippen LogP contribution in [0.25, 0.3) is 0 Å². The first kappa shape index (κ1) is 11.4. The first-order valence-electron chi connectivity index (χ1n) is 4.13. The van der Waals surface area contributed by atoms with Gasteiger partial charge < -0.3 is 22.5 Å². The highest BCUT2D eigenvalue weighted by Gasteiger charge is 2.07. The van der Waals surface area contributed by atoms with Gasteiger partial charge in [0, 0.05) is 12.5 Å². The van der Waals surface area contributed by atoms with Crippen LogP contribution in [0, 0.1) is 0 Å². The van der Waals surface area contributed by atoms with Gasteiger partial charge in [-0.3, -0.25) is 4.79 Å². The minimum Gasteiger partial charge on any atom is -0.344 e. The van der Waals surface area contributed by atoms with Crippen molar-refractivity contribution >= 4 is 5.91 Å². The Labute approximate surface area is 72.7 Å². The molecule has 0 unspecified atom stereocenters. The molecule has 0 saturated heterocycles. The van der Waals surface area contributed by atoms with Crippen molar-refractivity contribution in [2.24, 2.45) is 17.2 Å². The van der Waals surface area contributed by atoms with E-state index in [9.17, 15) is 4.79 Å². The van der Waals surface area contributed by atoms with E-state index in [0.29, 0.717) is 13.0 Å². The molecule has 1 atom stereocenters. The van der Waals surface area contributed by atoms with Gasteiger partial charge in [-0.1, -0.05) is 0 Å². The van der Waals surface area contributed by atoms with Crippen molar-refractivity contribution in [1.29, 1.82) is 0 Å². The highest BCUT2D eigenvalue weighted by Crippen LogP contribution is 1.97. The van der Waals surface area contributed by atoms with Crippen LogP contribution in [-0.4, -0.2) is 25.2 Å². The molecule has 12 heavy (non-hydrogen) atoms. The molecule has 0 aliphatic rings. The molecule has 0 rings (SSSR count). The highest BCUT2D eigenvalue weighted by atomic mass is 16.2. The number of carbonyl (C=O) groups is 1. The summed E-state index contributed by atoms with van der Waals surface area (Å²) in [6.07, 6.45) is 1.97. The molecule has 0 radical (unpaired) electrons. The monoisotopic (exact) mass is 176 g/mol. The average molecular weight is 176 g/mol. The molecular weight excluding hydrogens is 158 g/mol. The first-order chi connectivity index (χ1) is 5.70. The molecule has 0 spiro atoms. The first-order valence-corrected chi connectivity index (χ1v) is 4.13. The molecule has 0 aliphatic heterocycles. The maximum Gasteiger partial charge on any atom is 0.222 e. The van der Waals surface area contributed by atoms with E-state index in [2.05, 4.69) is 5.32 Å². The smallest absolute Gasteiger partial charge is 0.222 e. The summed E-state index contributed by atoms with van der Waals surface area (Å²) >= 11 is 0. The van der Waals surface area contributed by atoms with Crippen molar-refractivity contribution in [2.45, 2.75) is 25.3 Å². The fraction of sp³-hybridized carbons (Fsp3) is 0.857. The molecule has 0 fully saturated rings. The van der Waals surface area contributed by atoms with E-state index in [1.165, 1.54) is 0 Å². The van der Waals surface area contributed by atoms with Gasteiger partial charge >= 0.3 is 0 Å². The molecule has 72 valence electrons. The summed E-state index contributed by atoms with van der Waals surface area (Å²) in [6, 6.07) is -0.0971. The van der Waals surface area contributed by atoms with Crippen LogP contribution >= 0.6 is 0 Å². The van der Waals surface area contributed by atoms with E-state index >= 15 is 0 Å². The van der Waals surface area contributed by atoms with E-state index in [4.69, 9.17) is 17.2 Å². The number of amides is 1. The fourth-order valence-corrected chi connectivity index (χ4v) is 0.906. The Morgan fingerprint density at radius 1 is 1.42 bits per heavy atom. The largest absolute Gasteiger partial charge is 0.344 e. The quantitative estimate of drug-likeness (QED) is 0.291. The lowest BCUT2D eigenvalue weighted by molar-refractivity contribution is -0.121. The molecule has 5 heteroatoms. The SMILES string of the molecule is NCCC[C@@H](N)CC(=O)[15NH]C[15NH2]. The molecule has 0 aromatic heterocycles. The zero-order chi connectivity index (χ0) is 9.40. The van der Waals surface area contributed by atoms with E-state index in [-0.39, 0.29) is 18.6 Å². The van der Waals surface area contributed by atoms with E-state index in [1.54, 1.807) is 0 Å². The van der Waals surface area contributed by atoms with Crippen molar-refractivity contribution in [3.05, 3.63) is 0 Å². The number of nitrogens with two attached hydrogens (primary N) is 3. The Bertz CT molecular complexity index is 129. The zero-order valence-corrected chi connectivity index (χ0v) is 7.25. The van der Waals surface area contributed by atoms with Gasteiger partial charge in [-0.2, -0.15) is 0 Å². The van der Waals surface area contributed by atoms with Crippen molar-refractivity contribution in [1.82, 2.24) is 5.32 Å². The summed E-state index contributed by atoms with van der Waals surface area (Å²) in [4.78, 5) is 10.9. The van der Waals surface area contributed by atoms with Gasteiger partial charge in [0.15, 0.2) is 0 Å². The third kappa shape index (κ3) is 6.09. The third-order valence-corrected chi connectivity index (χ3v) is 1.53. The van der Waals surface area contributed by atoms with Gasteiger partial charge in [0.05, 0.1) is 6.67 Å². The zero-order valence-electron chi connectivity index (χ0n) is 7.25. The summed E-state index contributed by atoms with van der Waals surface area (Å²) in [6.45, 7) is 0.786. The summed E-state index contributed by atoms with van der Waals surface area (Å²) in [7, 11) is 0. The number of nitrogens with one attached hydrogen (secondary N) is 1. The topological polar surface area (TPSA) is 107 Å². The second-order valence-corrected chi connectivity index (χ2v) is 2.70. The lowest BCUT2D eigenvalue weighted by Gasteiger charge is -2.09. The molecular formula is C7H18N4O. The molecule has 0 bridgehead atoms. The van der Waals surface area contributed by atoms with Crippen molar-refractivity contribution in [3.63, 3.8) is 0 Å². The maximum atomic E-state index is 10.9. The normalized spacial score (nSPS) is 12.6. The minimum absolute atomic E-state index is 0.0954. The van der Waals surface area contributed by atoms with Gasteiger partial charge in [0.2, 0.25) is 5.91 Å². The number of rotatable bonds is 6. The Morgan fingerprint density at radius 2 is 2.08 bits per heavy atom. The average Bonchev–Trinajstić information content (AvgIpc) is 2.01. The van der Waals surface area contributed by atoms with Crippen LogP contribution in [0.3, 0.4) is 0 Å². The van der Waals surface area contributed by atoms with Crippen molar-refractivity contribution in [3.8, 4) is 0 Å². The Morgan fingerprint density at radius 3 is 2.58 bits per heavy atom. The van der Waals surface area contributed by atoms with E-state index in [1.807, 2.05) is 0 Å². The summed E-state index contributed by atoms with van der Waals surface area (Å²) in [5.41, 5.74) is 16.0. The van der Waals surface area contributed by atoms with Crippen LogP contribution in [0.4, 0.5) is 0 Å². The lowest BCUT2D eigenvalue weighted by atomic mass is 10.1. The Kier molecular flexibility index (Phi) is 6.64. The van der Waals surface area contributed by atoms with Crippen LogP contribution in [0.2, 0.25) is 0 Å². The molecule has 0 aliphatic carbocycles. The van der Waals surface area contributed by atoms with Gasteiger partial charge in [-0.15, -0.1) is 0 Å². The molecule has 0 heterocycles. The summed E-state index contributed by atoms with van der Waals surface area (Å²) < 4.78 is 0. The standard InChI is InChI=1S/C7H18N4O/c8-3-1-2-6(10)4-7(12)11-5-9/h6H,1-5,8-10H2,(H,11,12)/t6-/m1/s1/i9+1,11+1. The van der Waals surface area contributed by atoms with Crippen LogP contribution in [-0.2, 0) is 4.79 Å². The highest BCUT2D eigenvalue weighted by molar-refractivity contribution is 5.76. The van der Waals surface area contributed by atoms with Crippen LogP contribution in [0.15, 0.2) is 0 Å². The van der Waals surface area contributed by atoms with E-state index < -0.39 is 0 Å². The number of hydrogen-bond acceptors (Lipinski definition) is 4. The molecule has 0 saturated carbocycles. The van der Waals surface area contributed by atoms with E-state index in [0.717, 1.165) is 12.8 Å². The predicted octanol–water partition coefficient (Wildman–Crippen LogP) is -1.52. The van der Waals surface area contributed by atoms with Crippen LogP contribution in [0.1, 0.15) is 19.3 Å². The summed E-state index contributed by atoms with van der Waals surface area (Å²) in [5, 5.41) is 2.48. The predicted molar refractivity (Wildman–Crippen MR) is 48.1 cm³/mol. The van der Waals surface area contributed by atoms with Crippen LogP contribution in [0.5, 0.6) is 0 Å². The summed E-state index contributed by atoms with van der Waals surface area (Å²) in [5.74, 6) is -0.0954. The number of hydrogen-bond donors (Lipinski definition) is 4. The van der Waals surface area contributed by atoms with Gasteiger partial charge in [-0.05, 0) is 19.4 Å². The van der Waals surface area contributed by atoms with Crippen LogP contribution < -0.4 is 22.5 Å². The van der Waals surface area contributed by atoms with Gasteiger partial charge in [-0.25, -0.2) is 0 Å². The maximum absolute atomic E-state index is 10.9. The lowest BCUT2D eigenvalue weighted by Crippen LogP contribution is -2.34. The molecule has 1 amide bonds. The minimum atomic E-state index is -0.0971. The third-order valence-electron chi connectivity index (χ3n) is 1.53. The Hall–Kier alpha value is -0.650. The fourth-order valence-electron chi connectivity index (χ4n) is 0.906. The van der Waals surface area contributed by atoms with Crippen molar-refractivity contribution in [2.75, 3.05) is 13.2 Å². The second-order valence-electron chi connectivity index (χ2n) is 2.70. The Balaban J connectivity index is 3.40. The molecule has 0 aromatic rings.